The molecular formula is C16H10ClFN2O3. The summed E-state index contributed by atoms with van der Waals surface area (Å²) in [7, 11) is 0. The smallest absolute Gasteiger partial charge is 0.338 e. The van der Waals surface area contributed by atoms with Gasteiger partial charge in [-0.15, -0.1) is 0 Å². The van der Waals surface area contributed by atoms with Gasteiger partial charge in [-0.2, -0.15) is 4.98 Å². The van der Waals surface area contributed by atoms with Gasteiger partial charge in [0.1, 0.15) is 5.82 Å². The van der Waals surface area contributed by atoms with Crippen LogP contribution in [0.4, 0.5) is 4.39 Å². The number of esters is 1. The highest BCUT2D eigenvalue weighted by molar-refractivity contribution is 6.30. The van der Waals surface area contributed by atoms with Crippen molar-refractivity contribution in [3.8, 4) is 11.4 Å². The maximum Gasteiger partial charge on any atom is 0.338 e. The first kappa shape index (κ1) is 15.2. The highest BCUT2D eigenvalue weighted by Crippen LogP contribution is 2.19. The lowest BCUT2D eigenvalue weighted by molar-refractivity contribution is 0.0429. The number of carbonyl (C=O) groups excluding carboxylic acids is 1. The quantitative estimate of drug-likeness (QED) is 0.678. The van der Waals surface area contributed by atoms with Crippen LogP contribution in [0.3, 0.4) is 0 Å². The average molecular weight is 333 g/mol. The Morgan fingerprint density at radius 2 is 2.00 bits per heavy atom. The fraction of sp³-hybridized carbons (Fsp3) is 0.0625. The number of halogens is 2. The van der Waals surface area contributed by atoms with Gasteiger partial charge >= 0.3 is 5.97 Å². The predicted molar refractivity (Wildman–Crippen MR) is 80.3 cm³/mol. The fourth-order valence-electron chi connectivity index (χ4n) is 1.86. The molecule has 23 heavy (non-hydrogen) atoms. The summed E-state index contributed by atoms with van der Waals surface area (Å²) in [6, 6.07) is 12.1. The van der Waals surface area contributed by atoms with Crippen LogP contribution in [-0.2, 0) is 11.3 Å². The molecule has 0 radical (unpaired) electrons. The van der Waals surface area contributed by atoms with Gasteiger partial charge in [-0.25, -0.2) is 9.18 Å². The highest BCUT2D eigenvalue weighted by atomic mass is 35.5. The standard InChI is InChI=1S/C16H10ClFN2O3/c17-12-6-4-10(5-7-12)15-19-14(23-20-15)9-22-16(21)11-2-1-3-13(18)8-11/h1-8H,9H2. The Bertz CT molecular complexity index is 833. The van der Waals surface area contributed by atoms with Gasteiger partial charge in [0, 0.05) is 10.6 Å². The van der Waals surface area contributed by atoms with Gasteiger partial charge in [-0.3, -0.25) is 0 Å². The van der Waals surface area contributed by atoms with Crippen LogP contribution in [0.1, 0.15) is 16.2 Å². The van der Waals surface area contributed by atoms with Crippen LogP contribution in [0.2, 0.25) is 5.02 Å². The summed E-state index contributed by atoms with van der Waals surface area (Å²) in [5.74, 6) is -0.684. The Labute approximate surface area is 135 Å². The number of aromatic nitrogens is 2. The zero-order chi connectivity index (χ0) is 16.2. The molecule has 0 saturated heterocycles. The van der Waals surface area contributed by atoms with Gasteiger partial charge in [0.2, 0.25) is 5.82 Å². The Morgan fingerprint density at radius 1 is 1.22 bits per heavy atom. The molecule has 0 unspecified atom stereocenters. The van der Waals surface area contributed by atoms with Crippen molar-refractivity contribution < 1.29 is 18.4 Å². The van der Waals surface area contributed by atoms with E-state index in [1.54, 1.807) is 24.3 Å². The number of ether oxygens (including phenoxy) is 1. The van der Waals surface area contributed by atoms with Gasteiger partial charge < -0.3 is 9.26 Å². The van der Waals surface area contributed by atoms with Crippen LogP contribution >= 0.6 is 11.6 Å². The summed E-state index contributed by atoms with van der Waals surface area (Å²) >= 11 is 5.81. The van der Waals surface area contributed by atoms with E-state index < -0.39 is 11.8 Å². The molecule has 5 nitrogen and oxygen atoms in total. The molecule has 7 heteroatoms. The zero-order valence-electron chi connectivity index (χ0n) is 11.7. The van der Waals surface area contributed by atoms with Crippen LogP contribution in [0, 0.1) is 5.82 Å². The first-order chi connectivity index (χ1) is 11.1. The molecule has 0 aliphatic rings. The molecule has 3 rings (SSSR count). The van der Waals surface area contributed by atoms with E-state index in [0.717, 1.165) is 11.6 Å². The Balaban J connectivity index is 1.65. The monoisotopic (exact) mass is 332 g/mol. The summed E-state index contributed by atoms with van der Waals surface area (Å²) in [4.78, 5) is 15.9. The Hall–Kier alpha value is -2.73. The minimum absolute atomic E-state index is 0.113. The maximum absolute atomic E-state index is 13.1. The molecule has 116 valence electrons. The normalized spacial score (nSPS) is 10.5. The third kappa shape index (κ3) is 3.73. The van der Waals surface area contributed by atoms with Gasteiger partial charge in [0.05, 0.1) is 5.56 Å². The minimum Gasteiger partial charge on any atom is -0.452 e. The van der Waals surface area contributed by atoms with Crippen molar-refractivity contribution in [2.24, 2.45) is 0 Å². The third-order valence-corrected chi connectivity index (χ3v) is 3.21. The predicted octanol–water partition coefficient (Wildman–Crippen LogP) is 3.89. The molecule has 0 bridgehead atoms. The lowest BCUT2D eigenvalue weighted by Crippen LogP contribution is -2.05. The second-order valence-electron chi connectivity index (χ2n) is 4.61. The lowest BCUT2D eigenvalue weighted by atomic mass is 10.2. The lowest BCUT2D eigenvalue weighted by Gasteiger charge is -2.01. The summed E-state index contributed by atoms with van der Waals surface area (Å²) < 4.78 is 23.1. The molecule has 0 fully saturated rings. The average Bonchev–Trinajstić information content (AvgIpc) is 3.02. The van der Waals surface area contributed by atoms with Crippen molar-refractivity contribution in [2.75, 3.05) is 0 Å². The van der Waals surface area contributed by atoms with Crippen molar-refractivity contribution in [1.29, 1.82) is 0 Å². The third-order valence-electron chi connectivity index (χ3n) is 2.96. The van der Waals surface area contributed by atoms with Crippen LogP contribution < -0.4 is 0 Å². The van der Waals surface area contributed by atoms with Crippen molar-refractivity contribution >= 4 is 17.6 Å². The largest absolute Gasteiger partial charge is 0.452 e. The number of rotatable bonds is 4. The molecule has 0 saturated carbocycles. The summed E-state index contributed by atoms with van der Waals surface area (Å²) in [5, 5.41) is 4.40. The fourth-order valence-corrected chi connectivity index (χ4v) is 1.98. The van der Waals surface area contributed by atoms with Crippen LogP contribution in [0.5, 0.6) is 0 Å². The van der Waals surface area contributed by atoms with E-state index >= 15 is 0 Å². The van der Waals surface area contributed by atoms with Crippen molar-refractivity contribution in [3.63, 3.8) is 0 Å². The second-order valence-corrected chi connectivity index (χ2v) is 5.04. The van der Waals surface area contributed by atoms with Crippen molar-refractivity contribution in [2.45, 2.75) is 6.61 Å². The molecule has 3 aromatic rings. The van der Waals surface area contributed by atoms with E-state index in [2.05, 4.69) is 10.1 Å². The first-order valence-corrected chi connectivity index (χ1v) is 7.01. The minimum atomic E-state index is -0.671. The van der Waals surface area contributed by atoms with E-state index in [4.69, 9.17) is 20.9 Å². The number of benzene rings is 2. The van der Waals surface area contributed by atoms with Crippen LogP contribution in [-0.4, -0.2) is 16.1 Å². The van der Waals surface area contributed by atoms with E-state index in [1.165, 1.54) is 18.2 Å². The molecule has 0 aliphatic heterocycles. The summed E-state index contributed by atoms with van der Waals surface area (Å²) in [5.41, 5.74) is 0.836. The molecule has 0 spiro atoms. The Morgan fingerprint density at radius 3 is 2.74 bits per heavy atom. The molecule has 1 aromatic heterocycles. The van der Waals surface area contributed by atoms with Gasteiger partial charge in [-0.1, -0.05) is 22.8 Å². The first-order valence-electron chi connectivity index (χ1n) is 6.63. The van der Waals surface area contributed by atoms with E-state index in [0.29, 0.717) is 10.8 Å². The molecule has 0 aliphatic carbocycles. The van der Waals surface area contributed by atoms with Gasteiger partial charge in [0.15, 0.2) is 6.61 Å². The number of nitrogens with zero attached hydrogens (tertiary/aromatic N) is 2. The molecule has 2 aromatic carbocycles. The molecule has 1 heterocycles. The molecule has 0 atom stereocenters. The van der Waals surface area contributed by atoms with Crippen molar-refractivity contribution in [3.05, 3.63) is 70.8 Å². The molecule has 0 N–H and O–H groups in total. The number of hydrogen-bond donors (Lipinski definition) is 0. The van der Waals surface area contributed by atoms with Gasteiger partial charge in [0.25, 0.3) is 5.89 Å². The van der Waals surface area contributed by atoms with E-state index in [9.17, 15) is 9.18 Å². The molecular weight excluding hydrogens is 323 g/mol. The molecule has 0 amide bonds. The summed E-state index contributed by atoms with van der Waals surface area (Å²) in [6.45, 7) is -0.198. The number of hydrogen-bond acceptors (Lipinski definition) is 5. The van der Waals surface area contributed by atoms with Crippen LogP contribution in [0.15, 0.2) is 53.1 Å². The second kappa shape index (κ2) is 6.58. The van der Waals surface area contributed by atoms with Gasteiger partial charge in [-0.05, 0) is 42.5 Å². The highest BCUT2D eigenvalue weighted by Gasteiger charge is 2.13. The zero-order valence-corrected chi connectivity index (χ0v) is 12.5. The van der Waals surface area contributed by atoms with Crippen LogP contribution in [0.25, 0.3) is 11.4 Å². The SMILES string of the molecule is O=C(OCc1nc(-c2ccc(Cl)cc2)no1)c1cccc(F)c1. The van der Waals surface area contributed by atoms with E-state index in [1.807, 2.05) is 0 Å². The Kier molecular flexibility index (Phi) is 4.34. The summed E-state index contributed by atoms with van der Waals surface area (Å²) in [6.07, 6.45) is 0. The topological polar surface area (TPSA) is 65.2 Å². The van der Waals surface area contributed by atoms with E-state index in [-0.39, 0.29) is 18.1 Å². The number of carbonyl (C=O) groups is 1. The maximum atomic E-state index is 13.1. The van der Waals surface area contributed by atoms with Crippen molar-refractivity contribution in [1.82, 2.24) is 10.1 Å².